The van der Waals surface area contributed by atoms with Gasteiger partial charge in [-0.1, -0.05) is 59.6 Å². The van der Waals surface area contributed by atoms with E-state index in [-0.39, 0.29) is 12.1 Å². The van der Waals surface area contributed by atoms with Crippen LogP contribution in [0.1, 0.15) is 35.6 Å². The van der Waals surface area contributed by atoms with Crippen molar-refractivity contribution in [1.29, 1.82) is 0 Å². The van der Waals surface area contributed by atoms with Gasteiger partial charge in [0.2, 0.25) is 0 Å². The van der Waals surface area contributed by atoms with E-state index in [1.807, 2.05) is 41.3 Å². The molecular weight excluding hydrogens is 308 g/mol. The number of hydrogen-bond acceptors (Lipinski definition) is 1. The van der Waals surface area contributed by atoms with Gasteiger partial charge in [-0.05, 0) is 37.0 Å². The topological polar surface area (TPSA) is 32.3 Å². The molecule has 23 heavy (non-hydrogen) atoms. The number of carbonyl (C=O) groups is 1. The maximum Gasteiger partial charge on any atom is 0.318 e. The van der Waals surface area contributed by atoms with Crippen molar-refractivity contribution in [2.24, 2.45) is 0 Å². The fraction of sp³-hybridized carbons (Fsp3) is 0.316. The van der Waals surface area contributed by atoms with Gasteiger partial charge in [0.05, 0.1) is 6.04 Å². The molecule has 0 bridgehead atoms. The van der Waals surface area contributed by atoms with Crippen molar-refractivity contribution in [2.75, 3.05) is 6.54 Å². The van der Waals surface area contributed by atoms with Crippen LogP contribution >= 0.6 is 11.6 Å². The number of rotatable bonds is 3. The van der Waals surface area contributed by atoms with Crippen molar-refractivity contribution in [3.8, 4) is 0 Å². The molecule has 2 amide bonds. The summed E-state index contributed by atoms with van der Waals surface area (Å²) in [6.45, 7) is 3.38. The Balaban J connectivity index is 1.66. The molecule has 1 N–H and O–H groups in total. The van der Waals surface area contributed by atoms with Crippen molar-refractivity contribution in [2.45, 2.75) is 32.4 Å². The zero-order chi connectivity index (χ0) is 16.2. The van der Waals surface area contributed by atoms with Gasteiger partial charge in [0.15, 0.2) is 0 Å². The molecule has 1 aliphatic heterocycles. The first-order chi connectivity index (χ1) is 11.1. The third-order valence-electron chi connectivity index (χ3n) is 4.34. The smallest absolute Gasteiger partial charge is 0.318 e. The predicted octanol–water partition coefficient (Wildman–Crippen LogP) is 4.70. The van der Waals surface area contributed by atoms with Crippen LogP contribution in [0.5, 0.6) is 0 Å². The molecule has 0 aliphatic carbocycles. The standard InChI is InChI=1S/C19H21ClN2O/c1-14-8-10-15(11-9-14)13-21-19(23)22-12-4-7-18(22)16-5-2-3-6-17(16)20/h2-3,5-6,8-11,18H,4,7,12-13H2,1H3,(H,21,23)/t18-/m0/s1. The second-order valence-electron chi connectivity index (χ2n) is 6.02. The molecule has 3 nitrogen and oxygen atoms in total. The Morgan fingerprint density at radius 2 is 1.96 bits per heavy atom. The predicted molar refractivity (Wildman–Crippen MR) is 93.5 cm³/mol. The van der Waals surface area contributed by atoms with Crippen LogP contribution in [0.3, 0.4) is 0 Å². The van der Waals surface area contributed by atoms with Gasteiger partial charge in [0, 0.05) is 18.1 Å². The van der Waals surface area contributed by atoms with Gasteiger partial charge < -0.3 is 10.2 Å². The number of benzene rings is 2. The van der Waals surface area contributed by atoms with Crippen LogP contribution in [0, 0.1) is 6.92 Å². The van der Waals surface area contributed by atoms with Crippen LogP contribution in [0.2, 0.25) is 5.02 Å². The molecule has 0 saturated carbocycles. The van der Waals surface area contributed by atoms with E-state index in [0.29, 0.717) is 6.54 Å². The SMILES string of the molecule is Cc1ccc(CNC(=O)N2CCC[C@H]2c2ccccc2Cl)cc1. The number of aryl methyl sites for hydroxylation is 1. The summed E-state index contributed by atoms with van der Waals surface area (Å²) in [4.78, 5) is 14.5. The van der Waals surface area contributed by atoms with E-state index in [9.17, 15) is 4.79 Å². The molecule has 4 heteroatoms. The van der Waals surface area contributed by atoms with Crippen molar-refractivity contribution in [3.63, 3.8) is 0 Å². The van der Waals surface area contributed by atoms with Crippen LogP contribution in [-0.2, 0) is 6.54 Å². The summed E-state index contributed by atoms with van der Waals surface area (Å²) < 4.78 is 0. The number of nitrogens with zero attached hydrogens (tertiary/aromatic N) is 1. The fourth-order valence-corrected chi connectivity index (χ4v) is 3.33. The Bertz CT molecular complexity index is 684. The molecule has 1 heterocycles. The average Bonchev–Trinajstić information content (AvgIpc) is 3.04. The van der Waals surface area contributed by atoms with Crippen LogP contribution in [0.15, 0.2) is 48.5 Å². The third kappa shape index (κ3) is 3.67. The Hall–Kier alpha value is -2.00. The minimum atomic E-state index is -0.0204. The van der Waals surface area contributed by atoms with E-state index in [2.05, 4.69) is 24.4 Å². The molecule has 120 valence electrons. The summed E-state index contributed by atoms with van der Waals surface area (Å²) in [7, 11) is 0. The third-order valence-corrected chi connectivity index (χ3v) is 4.69. The highest BCUT2D eigenvalue weighted by Crippen LogP contribution is 2.35. The summed E-state index contributed by atoms with van der Waals surface area (Å²) in [6.07, 6.45) is 1.97. The van der Waals surface area contributed by atoms with Crippen LogP contribution < -0.4 is 5.32 Å². The molecule has 1 saturated heterocycles. The molecule has 0 aromatic heterocycles. The summed E-state index contributed by atoms with van der Waals surface area (Å²) >= 11 is 6.30. The molecule has 1 fully saturated rings. The highest BCUT2D eigenvalue weighted by atomic mass is 35.5. The monoisotopic (exact) mass is 328 g/mol. The lowest BCUT2D eigenvalue weighted by molar-refractivity contribution is 0.192. The van der Waals surface area contributed by atoms with Gasteiger partial charge in [-0.2, -0.15) is 0 Å². The van der Waals surface area contributed by atoms with Crippen molar-refractivity contribution < 1.29 is 4.79 Å². The number of urea groups is 1. The second-order valence-corrected chi connectivity index (χ2v) is 6.42. The summed E-state index contributed by atoms with van der Waals surface area (Å²) in [5.41, 5.74) is 3.37. The lowest BCUT2D eigenvalue weighted by Gasteiger charge is -2.26. The van der Waals surface area contributed by atoms with Crippen molar-refractivity contribution >= 4 is 17.6 Å². The van der Waals surface area contributed by atoms with E-state index in [4.69, 9.17) is 11.6 Å². The quantitative estimate of drug-likeness (QED) is 0.870. The van der Waals surface area contributed by atoms with Gasteiger partial charge in [-0.3, -0.25) is 0 Å². The molecule has 3 rings (SSSR count). The first kappa shape index (κ1) is 15.9. The zero-order valence-corrected chi connectivity index (χ0v) is 14.0. The van der Waals surface area contributed by atoms with Gasteiger partial charge in [0.1, 0.15) is 0 Å². The average molecular weight is 329 g/mol. The first-order valence-electron chi connectivity index (χ1n) is 7.99. The Morgan fingerprint density at radius 3 is 2.70 bits per heavy atom. The summed E-state index contributed by atoms with van der Waals surface area (Å²) in [5, 5.41) is 3.76. The maximum atomic E-state index is 12.6. The summed E-state index contributed by atoms with van der Waals surface area (Å²) in [5.74, 6) is 0. The highest BCUT2D eigenvalue weighted by molar-refractivity contribution is 6.31. The van der Waals surface area contributed by atoms with Crippen LogP contribution in [-0.4, -0.2) is 17.5 Å². The lowest BCUT2D eigenvalue weighted by Crippen LogP contribution is -2.39. The van der Waals surface area contributed by atoms with E-state index in [0.717, 1.165) is 35.5 Å². The minimum absolute atomic E-state index is 0.0204. The number of hydrogen-bond donors (Lipinski definition) is 1. The fourth-order valence-electron chi connectivity index (χ4n) is 3.06. The lowest BCUT2D eigenvalue weighted by atomic mass is 10.0. The number of nitrogens with one attached hydrogen (secondary N) is 1. The normalized spacial score (nSPS) is 17.3. The molecule has 2 aromatic carbocycles. The van der Waals surface area contributed by atoms with Gasteiger partial charge in [-0.15, -0.1) is 0 Å². The van der Waals surface area contributed by atoms with E-state index in [1.54, 1.807) is 0 Å². The Labute approximate surface area is 142 Å². The van der Waals surface area contributed by atoms with Gasteiger partial charge >= 0.3 is 6.03 Å². The van der Waals surface area contributed by atoms with Gasteiger partial charge in [0.25, 0.3) is 0 Å². The molecule has 0 unspecified atom stereocenters. The van der Waals surface area contributed by atoms with Gasteiger partial charge in [-0.25, -0.2) is 4.79 Å². The minimum Gasteiger partial charge on any atom is -0.334 e. The van der Waals surface area contributed by atoms with Crippen LogP contribution in [0.25, 0.3) is 0 Å². The molecule has 0 radical (unpaired) electrons. The zero-order valence-electron chi connectivity index (χ0n) is 13.3. The van der Waals surface area contributed by atoms with E-state index < -0.39 is 0 Å². The number of likely N-dealkylation sites (tertiary alicyclic amines) is 1. The number of carbonyl (C=O) groups excluding carboxylic acids is 1. The highest BCUT2D eigenvalue weighted by Gasteiger charge is 2.30. The van der Waals surface area contributed by atoms with E-state index in [1.165, 1.54) is 5.56 Å². The molecule has 0 spiro atoms. The molecule has 2 aromatic rings. The second kappa shape index (κ2) is 7.05. The van der Waals surface area contributed by atoms with E-state index >= 15 is 0 Å². The Morgan fingerprint density at radius 1 is 1.22 bits per heavy atom. The molecular formula is C19H21ClN2O. The molecule has 1 atom stereocenters. The molecule has 1 aliphatic rings. The maximum absolute atomic E-state index is 12.6. The van der Waals surface area contributed by atoms with Crippen molar-refractivity contribution in [3.05, 3.63) is 70.2 Å². The summed E-state index contributed by atoms with van der Waals surface area (Å²) in [6, 6.07) is 16.1. The van der Waals surface area contributed by atoms with Crippen LogP contribution in [0.4, 0.5) is 4.79 Å². The first-order valence-corrected chi connectivity index (χ1v) is 8.37. The Kier molecular flexibility index (Phi) is 4.87. The van der Waals surface area contributed by atoms with Crippen molar-refractivity contribution in [1.82, 2.24) is 10.2 Å². The number of halogens is 1. The largest absolute Gasteiger partial charge is 0.334 e. The number of amides is 2.